The van der Waals surface area contributed by atoms with Gasteiger partial charge in [0.1, 0.15) is 0 Å². The summed E-state index contributed by atoms with van der Waals surface area (Å²) in [6.45, 7) is 2.96. The predicted molar refractivity (Wildman–Crippen MR) is 122 cm³/mol. The van der Waals surface area contributed by atoms with E-state index in [1.54, 1.807) is 12.4 Å². The highest BCUT2D eigenvalue weighted by molar-refractivity contribution is 5.78. The van der Waals surface area contributed by atoms with Gasteiger partial charge in [0.2, 0.25) is 5.91 Å². The zero-order valence-corrected chi connectivity index (χ0v) is 18.0. The van der Waals surface area contributed by atoms with Gasteiger partial charge in [-0.15, -0.1) is 0 Å². The standard InChI is InChI=1S/C27H30N2O2/c30-27(19-22-4-2-1-3-5-22)29-16-12-24(13-17-29)18-23-6-8-25(9-7-23)20-31-21-26-10-14-28-15-11-26/h1-11,14-15,24H,12-13,16-21H2. The van der Waals surface area contributed by atoms with Gasteiger partial charge in [0.25, 0.3) is 0 Å². The van der Waals surface area contributed by atoms with Crippen LogP contribution in [0, 0.1) is 5.92 Å². The van der Waals surface area contributed by atoms with Crippen LogP contribution in [-0.2, 0) is 35.6 Å². The number of ether oxygens (including phenoxy) is 1. The number of amides is 1. The molecule has 4 heteroatoms. The summed E-state index contributed by atoms with van der Waals surface area (Å²) in [6.07, 6.45) is 7.33. The summed E-state index contributed by atoms with van der Waals surface area (Å²) in [7, 11) is 0. The second kappa shape index (κ2) is 10.9. The predicted octanol–water partition coefficient (Wildman–Crippen LogP) is 4.82. The smallest absolute Gasteiger partial charge is 0.226 e. The van der Waals surface area contributed by atoms with Crippen LogP contribution >= 0.6 is 0 Å². The second-order valence-electron chi connectivity index (χ2n) is 8.36. The minimum atomic E-state index is 0.251. The molecule has 1 amide bonds. The summed E-state index contributed by atoms with van der Waals surface area (Å²) < 4.78 is 5.81. The maximum absolute atomic E-state index is 12.6. The third kappa shape index (κ3) is 6.50. The Labute approximate surface area is 184 Å². The molecule has 0 spiro atoms. The lowest BCUT2D eigenvalue weighted by Crippen LogP contribution is -2.39. The third-order valence-corrected chi connectivity index (χ3v) is 6.00. The lowest BCUT2D eigenvalue weighted by molar-refractivity contribution is -0.131. The highest BCUT2D eigenvalue weighted by Gasteiger charge is 2.22. The molecular formula is C27H30N2O2. The first kappa shape index (κ1) is 21.3. The number of hydrogen-bond donors (Lipinski definition) is 0. The van der Waals surface area contributed by atoms with Crippen molar-refractivity contribution < 1.29 is 9.53 Å². The van der Waals surface area contributed by atoms with Gasteiger partial charge in [0, 0.05) is 25.5 Å². The molecule has 0 N–H and O–H groups in total. The summed E-state index contributed by atoms with van der Waals surface area (Å²) >= 11 is 0. The van der Waals surface area contributed by atoms with Crippen LogP contribution in [-0.4, -0.2) is 28.9 Å². The Hall–Kier alpha value is -2.98. The second-order valence-corrected chi connectivity index (χ2v) is 8.36. The van der Waals surface area contributed by atoms with Crippen molar-refractivity contribution in [2.45, 2.75) is 38.9 Å². The van der Waals surface area contributed by atoms with Gasteiger partial charge in [-0.3, -0.25) is 9.78 Å². The van der Waals surface area contributed by atoms with Crippen molar-refractivity contribution in [2.24, 2.45) is 5.92 Å². The van der Waals surface area contributed by atoms with E-state index in [2.05, 4.69) is 29.2 Å². The summed E-state index contributed by atoms with van der Waals surface area (Å²) in [5, 5.41) is 0. The molecule has 2 aromatic carbocycles. The summed E-state index contributed by atoms with van der Waals surface area (Å²) in [5.41, 5.74) is 4.80. The molecule has 4 nitrogen and oxygen atoms in total. The molecule has 4 rings (SSSR count). The topological polar surface area (TPSA) is 42.4 Å². The van der Waals surface area contributed by atoms with Crippen LogP contribution in [0.15, 0.2) is 79.1 Å². The molecule has 1 aromatic heterocycles. The molecule has 160 valence electrons. The van der Waals surface area contributed by atoms with Crippen molar-refractivity contribution in [3.63, 3.8) is 0 Å². The Kier molecular flexibility index (Phi) is 7.46. The highest BCUT2D eigenvalue weighted by Crippen LogP contribution is 2.23. The van der Waals surface area contributed by atoms with Gasteiger partial charge in [-0.2, -0.15) is 0 Å². The van der Waals surface area contributed by atoms with E-state index in [9.17, 15) is 4.79 Å². The molecule has 1 aliphatic rings. The van der Waals surface area contributed by atoms with E-state index in [0.29, 0.717) is 25.6 Å². The highest BCUT2D eigenvalue weighted by atomic mass is 16.5. The lowest BCUT2D eigenvalue weighted by Gasteiger charge is -2.32. The first-order chi connectivity index (χ1) is 15.3. The monoisotopic (exact) mass is 414 g/mol. The molecule has 0 aliphatic carbocycles. The molecule has 1 fully saturated rings. The number of hydrogen-bond acceptors (Lipinski definition) is 3. The van der Waals surface area contributed by atoms with Crippen molar-refractivity contribution >= 4 is 5.91 Å². The van der Waals surface area contributed by atoms with Crippen LogP contribution in [0.25, 0.3) is 0 Å². The fourth-order valence-electron chi connectivity index (χ4n) is 4.14. The fourth-order valence-corrected chi connectivity index (χ4v) is 4.14. The number of nitrogens with zero attached hydrogens (tertiary/aromatic N) is 2. The van der Waals surface area contributed by atoms with Crippen LogP contribution in [0.3, 0.4) is 0 Å². The van der Waals surface area contributed by atoms with Gasteiger partial charge in [-0.1, -0.05) is 54.6 Å². The average molecular weight is 415 g/mol. The Morgan fingerprint density at radius 3 is 2.10 bits per heavy atom. The number of rotatable bonds is 8. The van der Waals surface area contributed by atoms with Gasteiger partial charge in [0.15, 0.2) is 0 Å². The Balaban J connectivity index is 1.18. The zero-order chi connectivity index (χ0) is 21.3. The van der Waals surface area contributed by atoms with Gasteiger partial charge in [-0.05, 0) is 59.6 Å². The Bertz CT molecular complexity index is 934. The molecule has 2 heterocycles. The number of likely N-dealkylation sites (tertiary alicyclic amines) is 1. The van der Waals surface area contributed by atoms with Gasteiger partial charge in [-0.25, -0.2) is 0 Å². The van der Waals surface area contributed by atoms with E-state index in [0.717, 1.165) is 43.5 Å². The Morgan fingerprint density at radius 2 is 1.42 bits per heavy atom. The molecule has 0 saturated carbocycles. The number of carbonyl (C=O) groups excluding carboxylic acids is 1. The molecule has 1 saturated heterocycles. The lowest BCUT2D eigenvalue weighted by atomic mass is 9.89. The maximum atomic E-state index is 12.6. The van der Waals surface area contributed by atoms with E-state index >= 15 is 0 Å². The van der Waals surface area contributed by atoms with E-state index in [1.807, 2.05) is 47.4 Å². The SMILES string of the molecule is O=C(Cc1ccccc1)N1CCC(Cc2ccc(COCc3ccncc3)cc2)CC1. The van der Waals surface area contributed by atoms with Gasteiger partial charge >= 0.3 is 0 Å². The van der Waals surface area contributed by atoms with Crippen molar-refractivity contribution in [3.8, 4) is 0 Å². The van der Waals surface area contributed by atoms with E-state index in [4.69, 9.17) is 4.74 Å². The summed E-state index contributed by atoms with van der Waals surface area (Å²) in [4.78, 5) is 18.6. The molecule has 0 radical (unpaired) electrons. The first-order valence-electron chi connectivity index (χ1n) is 11.1. The quantitative estimate of drug-likeness (QED) is 0.531. The van der Waals surface area contributed by atoms with Crippen LogP contribution in [0.2, 0.25) is 0 Å². The molecule has 0 unspecified atom stereocenters. The molecule has 31 heavy (non-hydrogen) atoms. The van der Waals surface area contributed by atoms with Gasteiger partial charge in [0.05, 0.1) is 19.6 Å². The van der Waals surface area contributed by atoms with Crippen molar-refractivity contribution in [1.29, 1.82) is 0 Å². The largest absolute Gasteiger partial charge is 0.372 e. The van der Waals surface area contributed by atoms with Crippen LogP contribution in [0.4, 0.5) is 0 Å². The third-order valence-electron chi connectivity index (χ3n) is 6.00. The molecule has 0 atom stereocenters. The van der Waals surface area contributed by atoms with Crippen molar-refractivity contribution in [2.75, 3.05) is 13.1 Å². The van der Waals surface area contributed by atoms with E-state index in [-0.39, 0.29) is 5.91 Å². The number of benzene rings is 2. The molecule has 1 aliphatic heterocycles. The Morgan fingerprint density at radius 1 is 0.806 bits per heavy atom. The van der Waals surface area contributed by atoms with E-state index in [1.165, 1.54) is 11.1 Å². The van der Waals surface area contributed by atoms with Crippen LogP contribution < -0.4 is 0 Å². The summed E-state index contributed by atoms with van der Waals surface area (Å²) in [5.74, 6) is 0.898. The minimum absolute atomic E-state index is 0.251. The number of piperidine rings is 1. The molecular weight excluding hydrogens is 384 g/mol. The molecule has 0 bridgehead atoms. The van der Waals surface area contributed by atoms with Gasteiger partial charge < -0.3 is 9.64 Å². The number of carbonyl (C=O) groups is 1. The average Bonchev–Trinajstić information content (AvgIpc) is 2.82. The fraction of sp³-hybridized carbons (Fsp3) is 0.333. The van der Waals surface area contributed by atoms with Crippen molar-refractivity contribution in [1.82, 2.24) is 9.88 Å². The zero-order valence-electron chi connectivity index (χ0n) is 18.0. The summed E-state index contributed by atoms with van der Waals surface area (Å²) in [6, 6.07) is 22.8. The number of pyridine rings is 1. The maximum Gasteiger partial charge on any atom is 0.226 e. The first-order valence-corrected chi connectivity index (χ1v) is 11.1. The van der Waals surface area contributed by atoms with Crippen LogP contribution in [0.5, 0.6) is 0 Å². The molecule has 3 aromatic rings. The minimum Gasteiger partial charge on any atom is -0.372 e. The van der Waals surface area contributed by atoms with Crippen molar-refractivity contribution in [3.05, 3.63) is 101 Å². The normalized spacial score (nSPS) is 14.5. The van der Waals surface area contributed by atoms with E-state index < -0.39 is 0 Å². The number of aromatic nitrogens is 1. The van der Waals surface area contributed by atoms with Crippen LogP contribution in [0.1, 0.15) is 35.1 Å².